The molecule has 0 radical (unpaired) electrons. The highest BCUT2D eigenvalue weighted by atomic mass is 16.4. The van der Waals surface area contributed by atoms with Crippen LogP contribution < -0.4 is 5.32 Å². The lowest BCUT2D eigenvalue weighted by atomic mass is 9.97. The Morgan fingerprint density at radius 2 is 1.80 bits per heavy atom. The van der Waals surface area contributed by atoms with Crippen molar-refractivity contribution in [2.24, 2.45) is 0 Å². The molecule has 0 aromatic heterocycles. The van der Waals surface area contributed by atoms with Crippen LogP contribution in [0.3, 0.4) is 0 Å². The van der Waals surface area contributed by atoms with Crippen molar-refractivity contribution in [2.75, 3.05) is 0 Å². The summed E-state index contributed by atoms with van der Waals surface area (Å²) in [6.45, 7) is 1.83. The van der Waals surface area contributed by atoms with Crippen molar-refractivity contribution in [3.63, 3.8) is 0 Å². The Labute approximate surface area is 117 Å². The zero-order chi connectivity index (χ0) is 14.5. The number of nitrogens with one attached hydrogen (secondary N) is 1. The van der Waals surface area contributed by atoms with E-state index >= 15 is 0 Å². The van der Waals surface area contributed by atoms with Gasteiger partial charge in [-0.2, -0.15) is 0 Å². The Balaban J connectivity index is 2.46. The largest absolute Gasteiger partial charge is 0.478 e. The first-order chi connectivity index (χ1) is 9.58. The number of hydrogen-bond donors (Lipinski definition) is 2. The maximum atomic E-state index is 11.1. The first kappa shape index (κ1) is 13.8. The van der Waals surface area contributed by atoms with Gasteiger partial charge < -0.3 is 10.4 Å². The molecule has 2 rings (SSSR count). The summed E-state index contributed by atoms with van der Waals surface area (Å²) in [5.74, 6) is -1.08. The van der Waals surface area contributed by atoms with Crippen LogP contribution in [-0.2, 0) is 11.3 Å². The molecule has 2 aromatic rings. The predicted molar refractivity (Wildman–Crippen MR) is 76.4 cm³/mol. The number of aromatic carboxylic acids is 1. The second-order valence-electron chi connectivity index (χ2n) is 4.45. The Hall–Kier alpha value is -2.62. The van der Waals surface area contributed by atoms with Crippen molar-refractivity contribution < 1.29 is 14.7 Å². The average Bonchev–Trinajstić information content (AvgIpc) is 2.45. The Morgan fingerprint density at radius 3 is 2.40 bits per heavy atom. The number of carbonyl (C=O) groups is 2. The minimum atomic E-state index is -0.965. The van der Waals surface area contributed by atoms with Crippen LogP contribution in [0.1, 0.15) is 22.8 Å². The third kappa shape index (κ3) is 3.23. The third-order valence-electron chi connectivity index (χ3n) is 2.97. The summed E-state index contributed by atoms with van der Waals surface area (Å²) in [5, 5.41) is 11.8. The van der Waals surface area contributed by atoms with E-state index in [4.69, 9.17) is 5.11 Å². The minimum Gasteiger partial charge on any atom is -0.478 e. The van der Waals surface area contributed by atoms with Crippen molar-refractivity contribution in [1.82, 2.24) is 5.32 Å². The van der Waals surface area contributed by atoms with Gasteiger partial charge in [0.2, 0.25) is 5.91 Å². The van der Waals surface area contributed by atoms with E-state index in [0.29, 0.717) is 6.54 Å². The third-order valence-corrected chi connectivity index (χ3v) is 2.97. The quantitative estimate of drug-likeness (QED) is 0.896. The highest BCUT2D eigenvalue weighted by Crippen LogP contribution is 2.25. The van der Waals surface area contributed by atoms with Crippen molar-refractivity contribution in [3.05, 3.63) is 59.7 Å². The Bertz CT molecular complexity index is 635. The van der Waals surface area contributed by atoms with Gasteiger partial charge in [-0.1, -0.05) is 36.4 Å². The molecule has 0 aliphatic carbocycles. The molecule has 0 heterocycles. The normalized spacial score (nSPS) is 10.1. The highest BCUT2D eigenvalue weighted by molar-refractivity contribution is 5.90. The molecule has 0 aliphatic heterocycles. The van der Waals surface area contributed by atoms with Crippen LogP contribution in [0.15, 0.2) is 48.5 Å². The lowest BCUT2D eigenvalue weighted by molar-refractivity contribution is -0.119. The van der Waals surface area contributed by atoms with Crippen LogP contribution in [0.5, 0.6) is 0 Å². The number of hydrogen-bond acceptors (Lipinski definition) is 2. The fourth-order valence-electron chi connectivity index (χ4n) is 1.97. The zero-order valence-corrected chi connectivity index (χ0v) is 11.1. The van der Waals surface area contributed by atoms with E-state index in [0.717, 1.165) is 16.7 Å². The fraction of sp³-hybridized carbons (Fsp3) is 0.125. The number of carboxylic acid groups (broad SMARTS) is 1. The molecular formula is C16H15NO3. The van der Waals surface area contributed by atoms with Gasteiger partial charge >= 0.3 is 5.97 Å². The summed E-state index contributed by atoms with van der Waals surface area (Å²) >= 11 is 0. The summed E-state index contributed by atoms with van der Waals surface area (Å²) in [6, 6.07) is 14.4. The first-order valence-corrected chi connectivity index (χ1v) is 6.24. The van der Waals surface area contributed by atoms with E-state index in [1.54, 1.807) is 18.2 Å². The van der Waals surface area contributed by atoms with Crippen LogP contribution in [0, 0.1) is 0 Å². The molecule has 0 aliphatic rings. The van der Waals surface area contributed by atoms with E-state index in [1.807, 2.05) is 30.3 Å². The van der Waals surface area contributed by atoms with Crippen LogP contribution in [0.4, 0.5) is 0 Å². The molecule has 20 heavy (non-hydrogen) atoms. The minimum absolute atomic E-state index is 0.119. The van der Waals surface area contributed by atoms with Crippen LogP contribution in [-0.4, -0.2) is 17.0 Å². The molecule has 0 spiro atoms. The molecule has 2 N–H and O–H groups in total. The number of carboxylic acids is 1. The van der Waals surface area contributed by atoms with E-state index in [9.17, 15) is 9.59 Å². The number of amides is 1. The molecule has 4 nitrogen and oxygen atoms in total. The van der Waals surface area contributed by atoms with E-state index in [-0.39, 0.29) is 11.5 Å². The summed E-state index contributed by atoms with van der Waals surface area (Å²) in [7, 11) is 0. The zero-order valence-electron chi connectivity index (χ0n) is 11.1. The molecule has 1 amide bonds. The van der Waals surface area contributed by atoms with Gasteiger partial charge in [-0.15, -0.1) is 0 Å². The first-order valence-electron chi connectivity index (χ1n) is 6.24. The molecule has 4 heteroatoms. The van der Waals surface area contributed by atoms with Crippen LogP contribution in [0.2, 0.25) is 0 Å². The predicted octanol–water partition coefficient (Wildman–Crippen LogP) is 2.69. The monoisotopic (exact) mass is 269 g/mol. The van der Waals surface area contributed by atoms with Gasteiger partial charge in [0.1, 0.15) is 0 Å². The summed E-state index contributed by atoms with van der Waals surface area (Å²) < 4.78 is 0. The van der Waals surface area contributed by atoms with Crippen molar-refractivity contribution >= 4 is 11.9 Å². The van der Waals surface area contributed by atoms with E-state index in [2.05, 4.69) is 5.32 Å². The highest BCUT2D eigenvalue weighted by Gasteiger charge is 2.10. The molecule has 0 unspecified atom stereocenters. The maximum absolute atomic E-state index is 11.1. The lowest BCUT2D eigenvalue weighted by Crippen LogP contribution is -2.19. The number of benzene rings is 2. The topological polar surface area (TPSA) is 66.4 Å². The van der Waals surface area contributed by atoms with Gasteiger partial charge in [0.15, 0.2) is 0 Å². The SMILES string of the molecule is CC(=O)NCc1ccc(C(=O)O)cc1-c1ccccc1. The van der Waals surface area contributed by atoms with Crippen LogP contribution >= 0.6 is 0 Å². The second kappa shape index (κ2) is 6.02. The van der Waals surface area contributed by atoms with Gasteiger partial charge in [0.05, 0.1) is 5.56 Å². The van der Waals surface area contributed by atoms with Gasteiger partial charge in [0, 0.05) is 13.5 Å². The summed E-state index contributed by atoms with van der Waals surface area (Å²) in [5.41, 5.74) is 2.86. The fourth-order valence-corrected chi connectivity index (χ4v) is 1.97. The van der Waals surface area contributed by atoms with Crippen LogP contribution in [0.25, 0.3) is 11.1 Å². The van der Waals surface area contributed by atoms with Crippen molar-refractivity contribution in [3.8, 4) is 11.1 Å². The second-order valence-corrected chi connectivity index (χ2v) is 4.45. The Morgan fingerprint density at radius 1 is 1.10 bits per heavy atom. The summed E-state index contributed by atoms with van der Waals surface area (Å²) in [4.78, 5) is 22.1. The van der Waals surface area contributed by atoms with Crippen molar-refractivity contribution in [2.45, 2.75) is 13.5 Å². The Kier molecular flexibility index (Phi) is 4.15. The number of rotatable bonds is 4. The average molecular weight is 269 g/mol. The molecule has 0 saturated heterocycles. The number of carbonyl (C=O) groups excluding carboxylic acids is 1. The molecule has 0 atom stereocenters. The standard InChI is InChI=1S/C16H15NO3/c1-11(18)17-10-14-8-7-13(16(19)20)9-15(14)12-5-3-2-4-6-12/h2-9H,10H2,1H3,(H,17,18)(H,19,20). The van der Waals surface area contributed by atoms with Gasteiger partial charge in [-0.25, -0.2) is 4.79 Å². The van der Waals surface area contributed by atoms with Gasteiger partial charge in [0.25, 0.3) is 0 Å². The molecule has 2 aromatic carbocycles. The molecule has 0 fully saturated rings. The van der Waals surface area contributed by atoms with Crippen molar-refractivity contribution in [1.29, 1.82) is 0 Å². The van der Waals surface area contributed by atoms with E-state index < -0.39 is 5.97 Å². The van der Waals surface area contributed by atoms with Gasteiger partial charge in [-0.05, 0) is 28.8 Å². The van der Waals surface area contributed by atoms with E-state index in [1.165, 1.54) is 6.92 Å². The molecule has 102 valence electrons. The smallest absolute Gasteiger partial charge is 0.335 e. The summed E-state index contributed by atoms with van der Waals surface area (Å²) in [6.07, 6.45) is 0. The molecular weight excluding hydrogens is 254 g/mol. The maximum Gasteiger partial charge on any atom is 0.335 e. The van der Waals surface area contributed by atoms with Gasteiger partial charge in [-0.3, -0.25) is 4.79 Å². The molecule has 0 bridgehead atoms. The lowest BCUT2D eigenvalue weighted by Gasteiger charge is -2.11. The molecule has 0 saturated carbocycles.